The molecule has 0 radical (unpaired) electrons. The van der Waals surface area contributed by atoms with E-state index in [1.807, 2.05) is 30.3 Å². The molecular weight excluding hydrogens is 398 g/mol. The molecule has 0 amide bonds. The van der Waals surface area contributed by atoms with E-state index in [4.69, 9.17) is 5.11 Å². The Balaban J connectivity index is 1.76. The van der Waals surface area contributed by atoms with Crippen molar-refractivity contribution in [3.05, 3.63) is 95.1 Å². The van der Waals surface area contributed by atoms with Gasteiger partial charge in [-0.3, -0.25) is 4.72 Å². The minimum Gasteiger partial charge on any atom is -0.478 e. The van der Waals surface area contributed by atoms with Crippen molar-refractivity contribution < 1.29 is 18.3 Å². The van der Waals surface area contributed by atoms with Gasteiger partial charge in [0, 0.05) is 0 Å². The number of rotatable bonds is 9. The molecule has 0 aliphatic heterocycles. The maximum Gasteiger partial charge on any atom is 0.335 e. The lowest BCUT2D eigenvalue weighted by atomic mass is 10.0. The Morgan fingerprint density at radius 3 is 2.30 bits per heavy atom. The van der Waals surface area contributed by atoms with E-state index in [0.29, 0.717) is 18.5 Å². The van der Waals surface area contributed by atoms with Crippen molar-refractivity contribution >= 4 is 21.7 Å². The second kappa shape index (κ2) is 9.59. The molecule has 3 aromatic carbocycles. The predicted octanol–water partition coefficient (Wildman–Crippen LogP) is 4.92. The van der Waals surface area contributed by atoms with Crippen molar-refractivity contribution in [1.82, 2.24) is 0 Å². The third-order valence-corrected chi connectivity index (χ3v) is 6.27. The Morgan fingerprint density at radius 1 is 0.867 bits per heavy atom. The molecule has 0 atom stereocenters. The van der Waals surface area contributed by atoms with E-state index in [2.05, 4.69) is 11.6 Å². The molecule has 5 nitrogen and oxygen atoms in total. The van der Waals surface area contributed by atoms with Crippen LogP contribution in [0.5, 0.6) is 0 Å². The Labute approximate surface area is 177 Å². The lowest BCUT2D eigenvalue weighted by Gasteiger charge is -2.13. The quantitative estimate of drug-likeness (QED) is 0.511. The van der Waals surface area contributed by atoms with E-state index in [9.17, 15) is 13.2 Å². The fourth-order valence-corrected chi connectivity index (χ4v) is 4.41. The zero-order valence-electron chi connectivity index (χ0n) is 16.8. The van der Waals surface area contributed by atoms with Crippen LogP contribution in [0.4, 0.5) is 5.69 Å². The van der Waals surface area contributed by atoms with E-state index >= 15 is 0 Å². The molecule has 0 aliphatic rings. The third kappa shape index (κ3) is 5.48. The van der Waals surface area contributed by atoms with Gasteiger partial charge in [-0.25, -0.2) is 13.2 Å². The lowest BCUT2D eigenvalue weighted by molar-refractivity contribution is 0.0696. The molecular formula is C24H25NO4S. The van der Waals surface area contributed by atoms with Crippen LogP contribution in [0.25, 0.3) is 0 Å². The second-order valence-corrected chi connectivity index (χ2v) is 8.84. The molecule has 0 unspecified atom stereocenters. The van der Waals surface area contributed by atoms with Crippen LogP contribution in [0.3, 0.4) is 0 Å². The van der Waals surface area contributed by atoms with Gasteiger partial charge in [-0.2, -0.15) is 0 Å². The Bertz CT molecular complexity index is 1120. The number of anilines is 1. The van der Waals surface area contributed by atoms with Crippen LogP contribution in [0.1, 0.15) is 40.4 Å². The first-order chi connectivity index (χ1) is 14.4. The zero-order chi connectivity index (χ0) is 21.6. The van der Waals surface area contributed by atoms with Gasteiger partial charge in [0.05, 0.1) is 16.1 Å². The number of carboxylic acids is 1. The number of nitrogens with one attached hydrogen (secondary N) is 1. The fraction of sp³-hybridized carbons (Fsp3) is 0.208. The summed E-state index contributed by atoms with van der Waals surface area (Å²) in [5.74, 6) is -0.963. The van der Waals surface area contributed by atoms with Crippen LogP contribution in [0, 0.1) is 0 Å². The van der Waals surface area contributed by atoms with Crippen molar-refractivity contribution in [2.75, 3.05) is 4.72 Å². The number of benzene rings is 3. The van der Waals surface area contributed by atoms with E-state index in [-0.39, 0.29) is 10.5 Å². The number of hydrogen-bond donors (Lipinski definition) is 2. The maximum absolute atomic E-state index is 12.8. The molecule has 0 saturated carbocycles. The normalized spacial score (nSPS) is 11.2. The van der Waals surface area contributed by atoms with E-state index in [1.165, 1.54) is 0 Å². The molecule has 0 aromatic heterocycles. The minimum atomic E-state index is -3.70. The number of sulfonamides is 1. The highest BCUT2D eigenvalue weighted by Crippen LogP contribution is 2.22. The summed E-state index contributed by atoms with van der Waals surface area (Å²) in [7, 11) is -3.70. The first-order valence-electron chi connectivity index (χ1n) is 9.91. The van der Waals surface area contributed by atoms with Crippen LogP contribution >= 0.6 is 0 Å². The fourth-order valence-electron chi connectivity index (χ4n) is 3.30. The smallest absolute Gasteiger partial charge is 0.335 e. The summed E-state index contributed by atoms with van der Waals surface area (Å²) < 4.78 is 28.4. The molecule has 0 fully saturated rings. The van der Waals surface area contributed by atoms with Gasteiger partial charge in [-0.1, -0.05) is 55.8 Å². The average Bonchev–Trinajstić information content (AvgIpc) is 2.74. The summed E-state index contributed by atoms with van der Waals surface area (Å²) >= 11 is 0. The van der Waals surface area contributed by atoms with Gasteiger partial charge in [-0.15, -0.1) is 0 Å². The predicted molar refractivity (Wildman–Crippen MR) is 118 cm³/mol. The molecule has 0 spiro atoms. The first-order valence-corrected chi connectivity index (χ1v) is 11.4. The Hall–Kier alpha value is -3.12. The van der Waals surface area contributed by atoms with Crippen molar-refractivity contribution in [1.29, 1.82) is 0 Å². The number of carboxylic acid groups (broad SMARTS) is 1. The number of carbonyl (C=O) groups is 1. The minimum absolute atomic E-state index is 0.228. The van der Waals surface area contributed by atoms with E-state index in [0.717, 1.165) is 29.5 Å². The van der Waals surface area contributed by atoms with Gasteiger partial charge in [-0.05, 0) is 66.3 Å². The SMILES string of the molecule is CCCc1ccc(S(=O)(=O)Nc2ccccc2CCc2cccc(C(=O)O)c2)cc1. The lowest BCUT2D eigenvalue weighted by Crippen LogP contribution is -2.14. The van der Waals surface area contributed by atoms with Crippen LogP contribution in [0.15, 0.2) is 77.7 Å². The molecule has 0 saturated heterocycles. The summed E-state index contributed by atoms with van der Waals surface area (Å²) in [6.45, 7) is 2.08. The first kappa shape index (κ1) is 21.6. The van der Waals surface area contributed by atoms with E-state index in [1.54, 1.807) is 42.5 Å². The summed E-state index contributed by atoms with van der Waals surface area (Å²) in [5, 5.41) is 9.14. The molecule has 156 valence electrons. The standard InChI is InChI=1S/C24H25NO4S/c1-2-6-18-12-15-22(16-13-18)30(28,29)25-23-10-4-3-8-20(23)14-11-19-7-5-9-21(17-19)24(26)27/h3-5,7-10,12-13,15-17,25H,2,6,11,14H2,1H3,(H,26,27). The van der Waals surface area contributed by atoms with Crippen molar-refractivity contribution in [3.63, 3.8) is 0 Å². The third-order valence-electron chi connectivity index (χ3n) is 4.89. The Morgan fingerprint density at radius 2 is 1.60 bits per heavy atom. The topological polar surface area (TPSA) is 83.5 Å². The van der Waals surface area contributed by atoms with Crippen LogP contribution < -0.4 is 4.72 Å². The highest BCUT2D eigenvalue weighted by Gasteiger charge is 2.16. The molecule has 0 heterocycles. The summed E-state index contributed by atoms with van der Waals surface area (Å²) in [4.78, 5) is 11.4. The molecule has 30 heavy (non-hydrogen) atoms. The molecule has 0 bridgehead atoms. The average molecular weight is 424 g/mol. The summed E-state index contributed by atoms with van der Waals surface area (Å²) in [6, 6.07) is 21.0. The summed E-state index contributed by atoms with van der Waals surface area (Å²) in [5.41, 5.74) is 3.63. The molecule has 6 heteroatoms. The van der Waals surface area contributed by atoms with Crippen LogP contribution in [-0.4, -0.2) is 19.5 Å². The van der Waals surface area contributed by atoms with Crippen molar-refractivity contribution in [2.45, 2.75) is 37.5 Å². The number of aromatic carboxylic acids is 1. The Kier molecular flexibility index (Phi) is 6.90. The van der Waals surface area contributed by atoms with Crippen molar-refractivity contribution in [3.8, 4) is 0 Å². The summed E-state index contributed by atoms with van der Waals surface area (Å²) in [6.07, 6.45) is 3.11. The maximum atomic E-state index is 12.8. The molecule has 3 aromatic rings. The van der Waals surface area contributed by atoms with E-state index < -0.39 is 16.0 Å². The largest absolute Gasteiger partial charge is 0.478 e. The number of aryl methyl sites for hydroxylation is 3. The van der Waals surface area contributed by atoms with Gasteiger partial charge in [0.25, 0.3) is 10.0 Å². The second-order valence-electron chi connectivity index (χ2n) is 7.16. The molecule has 2 N–H and O–H groups in total. The van der Waals surface area contributed by atoms with Gasteiger partial charge in [0.1, 0.15) is 0 Å². The highest BCUT2D eigenvalue weighted by atomic mass is 32.2. The van der Waals surface area contributed by atoms with Crippen LogP contribution in [0.2, 0.25) is 0 Å². The number of para-hydroxylation sites is 1. The zero-order valence-corrected chi connectivity index (χ0v) is 17.7. The van der Waals surface area contributed by atoms with Gasteiger partial charge >= 0.3 is 5.97 Å². The molecule has 3 rings (SSSR count). The van der Waals surface area contributed by atoms with Gasteiger partial charge in [0.2, 0.25) is 0 Å². The van der Waals surface area contributed by atoms with Gasteiger partial charge < -0.3 is 5.11 Å². The van der Waals surface area contributed by atoms with Crippen molar-refractivity contribution in [2.24, 2.45) is 0 Å². The number of hydrogen-bond acceptors (Lipinski definition) is 3. The molecule has 0 aliphatic carbocycles. The highest BCUT2D eigenvalue weighted by molar-refractivity contribution is 7.92. The van der Waals surface area contributed by atoms with Gasteiger partial charge in [0.15, 0.2) is 0 Å². The monoisotopic (exact) mass is 423 g/mol. The van der Waals surface area contributed by atoms with Crippen LogP contribution in [-0.2, 0) is 29.3 Å².